The van der Waals surface area contributed by atoms with E-state index < -0.39 is 5.97 Å². The van der Waals surface area contributed by atoms with Crippen LogP contribution in [0.4, 0.5) is 10.5 Å². The van der Waals surface area contributed by atoms with Gasteiger partial charge in [0.05, 0.1) is 24.5 Å². The summed E-state index contributed by atoms with van der Waals surface area (Å²) in [6, 6.07) is 8.98. The number of carbonyl (C=O) groups excluding carboxylic acids is 1. The number of benzene rings is 2. The largest absolute Gasteiger partial charge is 0.496 e. The molecule has 33 heavy (non-hydrogen) atoms. The molecule has 2 amide bonds. The minimum Gasteiger partial charge on any atom is -0.496 e. The van der Waals surface area contributed by atoms with Gasteiger partial charge in [-0.15, -0.1) is 0 Å². The lowest BCUT2D eigenvalue weighted by Crippen LogP contribution is -2.40. The smallest absolute Gasteiger partial charge is 0.335 e. The second-order valence-electron chi connectivity index (χ2n) is 8.55. The number of amides is 2. The number of anilines is 1. The van der Waals surface area contributed by atoms with Gasteiger partial charge in [0.2, 0.25) is 0 Å². The molecule has 0 saturated carbocycles. The molecule has 0 aliphatic carbocycles. The molecule has 2 aliphatic rings. The Kier molecular flexibility index (Phi) is 6.85. The SMILES string of the molecule is CCO[C@H]1CCN(Cc2c(OC)cc(C)c3c2CNC(=O)N3)[C@H](c2ccc(C(=O)O)cc2)C1. The van der Waals surface area contributed by atoms with E-state index in [0.29, 0.717) is 19.7 Å². The average molecular weight is 454 g/mol. The molecule has 0 unspecified atom stereocenters. The molecule has 3 N–H and O–H groups in total. The lowest BCUT2D eigenvalue weighted by atomic mass is 9.91. The number of carboxylic acids is 1. The van der Waals surface area contributed by atoms with E-state index >= 15 is 0 Å². The van der Waals surface area contributed by atoms with Crippen LogP contribution in [0.15, 0.2) is 30.3 Å². The molecule has 0 spiro atoms. The first-order valence-corrected chi connectivity index (χ1v) is 11.3. The van der Waals surface area contributed by atoms with Gasteiger partial charge in [-0.05, 0) is 56.0 Å². The first-order chi connectivity index (χ1) is 15.9. The molecular weight excluding hydrogens is 422 g/mol. The Morgan fingerprint density at radius 2 is 2.03 bits per heavy atom. The molecule has 2 aromatic rings. The summed E-state index contributed by atoms with van der Waals surface area (Å²) >= 11 is 0. The third-order valence-electron chi connectivity index (χ3n) is 6.56. The van der Waals surface area contributed by atoms with Crippen molar-refractivity contribution in [3.8, 4) is 5.75 Å². The molecule has 1 fully saturated rings. The van der Waals surface area contributed by atoms with Gasteiger partial charge in [0.15, 0.2) is 0 Å². The van der Waals surface area contributed by atoms with E-state index in [1.54, 1.807) is 19.2 Å². The number of piperidine rings is 1. The van der Waals surface area contributed by atoms with Crippen molar-refractivity contribution in [2.24, 2.45) is 0 Å². The van der Waals surface area contributed by atoms with E-state index in [1.807, 2.05) is 32.0 Å². The molecule has 0 radical (unpaired) electrons. The summed E-state index contributed by atoms with van der Waals surface area (Å²) < 4.78 is 11.7. The number of hydrogen-bond acceptors (Lipinski definition) is 5. The first-order valence-electron chi connectivity index (χ1n) is 11.3. The standard InChI is InChI=1S/C25H31N3O5/c1-4-33-18-9-10-28(21(12-18)16-5-7-17(8-6-16)24(29)30)14-20-19-13-26-25(31)27-23(19)15(2)11-22(20)32-3/h5-8,11,18,21H,4,9-10,12-14H2,1-3H3,(H,29,30)(H2,26,27,31)/t18-,21-/m0/s1. The minimum absolute atomic E-state index is 0.0749. The zero-order valence-corrected chi connectivity index (χ0v) is 19.3. The summed E-state index contributed by atoms with van der Waals surface area (Å²) in [7, 11) is 1.67. The van der Waals surface area contributed by atoms with Crippen LogP contribution in [0.1, 0.15) is 58.4 Å². The van der Waals surface area contributed by atoms with Crippen molar-refractivity contribution in [3.05, 3.63) is 58.1 Å². The van der Waals surface area contributed by atoms with Gasteiger partial charge in [0.25, 0.3) is 0 Å². The summed E-state index contributed by atoms with van der Waals surface area (Å²) in [6.45, 7) is 6.57. The molecule has 1 saturated heterocycles. The van der Waals surface area contributed by atoms with Gasteiger partial charge in [0.1, 0.15) is 5.75 Å². The zero-order valence-electron chi connectivity index (χ0n) is 19.3. The van der Waals surface area contributed by atoms with Crippen molar-refractivity contribution in [3.63, 3.8) is 0 Å². The topological polar surface area (TPSA) is 100 Å². The van der Waals surface area contributed by atoms with Gasteiger partial charge in [0, 0.05) is 43.4 Å². The van der Waals surface area contributed by atoms with Crippen LogP contribution in [-0.2, 0) is 17.8 Å². The van der Waals surface area contributed by atoms with Crippen molar-refractivity contribution in [1.82, 2.24) is 10.2 Å². The number of carboxylic acid groups (broad SMARTS) is 1. The summed E-state index contributed by atoms with van der Waals surface area (Å²) in [6.07, 6.45) is 1.90. The number of nitrogens with zero attached hydrogens (tertiary/aromatic N) is 1. The van der Waals surface area contributed by atoms with E-state index in [1.165, 1.54) is 0 Å². The highest BCUT2D eigenvalue weighted by atomic mass is 16.5. The number of aromatic carboxylic acids is 1. The van der Waals surface area contributed by atoms with E-state index in [2.05, 4.69) is 15.5 Å². The second kappa shape index (κ2) is 9.80. The molecule has 0 bridgehead atoms. The van der Waals surface area contributed by atoms with Crippen molar-refractivity contribution in [2.45, 2.75) is 51.9 Å². The van der Waals surface area contributed by atoms with E-state index in [0.717, 1.165) is 53.1 Å². The average Bonchev–Trinajstić information content (AvgIpc) is 2.81. The summed E-state index contributed by atoms with van der Waals surface area (Å²) in [5.41, 5.74) is 5.25. The van der Waals surface area contributed by atoms with Gasteiger partial charge in [-0.25, -0.2) is 9.59 Å². The van der Waals surface area contributed by atoms with E-state index in [-0.39, 0.29) is 23.7 Å². The number of methoxy groups -OCH3 is 1. The van der Waals surface area contributed by atoms with Crippen molar-refractivity contribution >= 4 is 17.7 Å². The molecule has 0 aromatic heterocycles. The van der Waals surface area contributed by atoms with Crippen LogP contribution in [0, 0.1) is 6.92 Å². The number of likely N-dealkylation sites (tertiary alicyclic amines) is 1. The quantitative estimate of drug-likeness (QED) is 0.584. The van der Waals surface area contributed by atoms with Crippen LogP contribution >= 0.6 is 0 Å². The Bertz CT molecular complexity index is 1040. The number of ether oxygens (including phenoxy) is 2. The van der Waals surface area contributed by atoms with E-state index in [4.69, 9.17) is 9.47 Å². The molecule has 2 aliphatic heterocycles. The Balaban J connectivity index is 1.68. The Morgan fingerprint density at radius 3 is 2.70 bits per heavy atom. The van der Waals surface area contributed by atoms with Crippen LogP contribution in [-0.4, -0.2) is 48.4 Å². The Morgan fingerprint density at radius 1 is 1.27 bits per heavy atom. The minimum atomic E-state index is -0.931. The number of rotatable bonds is 7. The molecular formula is C25H31N3O5. The van der Waals surface area contributed by atoms with Crippen LogP contribution in [0.3, 0.4) is 0 Å². The fourth-order valence-corrected chi connectivity index (χ4v) is 4.90. The summed E-state index contributed by atoms with van der Waals surface area (Å²) in [4.78, 5) is 25.6. The van der Waals surface area contributed by atoms with Crippen molar-refractivity contribution in [2.75, 3.05) is 25.6 Å². The molecule has 8 nitrogen and oxygen atoms in total. The third-order valence-corrected chi connectivity index (χ3v) is 6.56. The fourth-order valence-electron chi connectivity index (χ4n) is 4.90. The number of fused-ring (bicyclic) bond motifs is 1. The third kappa shape index (κ3) is 4.82. The Labute approximate surface area is 193 Å². The number of aryl methyl sites for hydroxylation is 1. The predicted molar refractivity (Wildman–Crippen MR) is 125 cm³/mol. The van der Waals surface area contributed by atoms with Crippen molar-refractivity contribution in [1.29, 1.82) is 0 Å². The lowest BCUT2D eigenvalue weighted by molar-refractivity contribution is -0.0140. The number of urea groups is 1. The van der Waals surface area contributed by atoms with Crippen LogP contribution < -0.4 is 15.4 Å². The molecule has 2 atom stereocenters. The number of carbonyl (C=O) groups is 2. The number of hydrogen-bond donors (Lipinski definition) is 3. The predicted octanol–water partition coefficient (Wildman–Crippen LogP) is 4.08. The van der Waals surface area contributed by atoms with E-state index in [9.17, 15) is 14.7 Å². The Hall–Kier alpha value is -3.10. The van der Waals surface area contributed by atoms with Gasteiger partial charge in [-0.3, -0.25) is 4.90 Å². The van der Waals surface area contributed by atoms with Gasteiger partial charge in [-0.1, -0.05) is 12.1 Å². The van der Waals surface area contributed by atoms with Gasteiger partial charge >= 0.3 is 12.0 Å². The highest BCUT2D eigenvalue weighted by Crippen LogP contribution is 2.39. The summed E-state index contributed by atoms with van der Waals surface area (Å²) in [5, 5.41) is 15.1. The van der Waals surface area contributed by atoms with Gasteiger partial charge in [-0.2, -0.15) is 0 Å². The maximum absolute atomic E-state index is 11.9. The zero-order chi connectivity index (χ0) is 23.5. The van der Waals surface area contributed by atoms with Crippen LogP contribution in [0.25, 0.3) is 0 Å². The van der Waals surface area contributed by atoms with Crippen molar-refractivity contribution < 1.29 is 24.2 Å². The van der Waals surface area contributed by atoms with Gasteiger partial charge < -0.3 is 25.2 Å². The highest BCUT2D eigenvalue weighted by Gasteiger charge is 2.32. The lowest BCUT2D eigenvalue weighted by Gasteiger charge is -2.40. The summed E-state index contributed by atoms with van der Waals surface area (Å²) in [5.74, 6) is -0.129. The molecule has 4 rings (SSSR count). The van der Waals surface area contributed by atoms with Crippen LogP contribution in [0.2, 0.25) is 0 Å². The molecule has 176 valence electrons. The van der Waals surface area contributed by atoms with Crippen LogP contribution in [0.5, 0.6) is 5.75 Å². The number of nitrogens with one attached hydrogen (secondary N) is 2. The maximum Gasteiger partial charge on any atom is 0.335 e. The second-order valence-corrected chi connectivity index (χ2v) is 8.55. The molecule has 2 heterocycles. The normalized spacial score (nSPS) is 20.5. The monoisotopic (exact) mass is 453 g/mol. The maximum atomic E-state index is 11.9. The first kappa shape index (κ1) is 23.1. The highest BCUT2D eigenvalue weighted by molar-refractivity contribution is 5.94. The molecule has 2 aromatic carbocycles. The fraction of sp³-hybridized carbons (Fsp3) is 0.440. The molecule has 8 heteroatoms.